The summed E-state index contributed by atoms with van der Waals surface area (Å²) in [5, 5.41) is 2.65. The van der Waals surface area contributed by atoms with E-state index in [4.69, 9.17) is 5.73 Å². The van der Waals surface area contributed by atoms with Crippen molar-refractivity contribution in [1.29, 1.82) is 0 Å². The van der Waals surface area contributed by atoms with Crippen LogP contribution < -0.4 is 11.1 Å². The zero-order valence-electron chi connectivity index (χ0n) is 12.5. The number of rotatable bonds is 2. The lowest BCUT2D eigenvalue weighted by Gasteiger charge is -2.21. The van der Waals surface area contributed by atoms with E-state index in [9.17, 15) is 13.6 Å². The number of nitrogens with two attached hydrogens (primary N) is 1. The molecule has 24 heavy (non-hydrogen) atoms. The highest BCUT2D eigenvalue weighted by molar-refractivity contribution is 9.10. The van der Waals surface area contributed by atoms with Gasteiger partial charge in [0, 0.05) is 16.2 Å². The largest absolute Gasteiger partial charge is 0.327 e. The topological polar surface area (TPSA) is 68.0 Å². The number of amides is 1. The lowest BCUT2D eigenvalue weighted by molar-refractivity contribution is 0.102. The Morgan fingerprint density at radius 2 is 2.00 bits per heavy atom. The van der Waals surface area contributed by atoms with Crippen LogP contribution in [0.3, 0.4) is 0 Å². The number of nitrogens with one attached hydrogen (secondary N) is 1. The van der Waals surface area contributed by atoms with Crippen molar-refractivity contribution in [2.24, 2.45) is 5.73 Å². The minimum atomic E-state index is -1.08. The molecule has 0 spiro atoms. The maximum atomic E-state index is 13.3. The van der Waals surface area contributed by atoms with Crippen LogP contribution >= 0.6 is 28.3 Å². The predicted octanol–water partition coefficient (Wildman–Crippen LogP) is 3.61. The standard InChI is InChI=1S/C16H14BrF2N3O.ClH/c17-12-6-14(19)13(18)5-11(12)16(23)22-10-4-8-3-9(20)1-2-15(8)21-7-10;/h4-7,9H,1-3,20H2,(H,22,23);1H. The Balaban J connectivity index is 0.00000208. The molecule has 1 unspecified atom stereocenters. The first kappa shape index (κ1) is 18.8. The van der Waals surface area contributed by atoms with Gasteiger partial charge in [-0.25, -0.2) is 8.78 Å². The number of hydrogen-bond donors (Lipinski definition) is 2. The van der Waals surface area contributed by atoms with E-state index in [1.54, 1.807) is 6.20 Å². The van der Waals surface area contributed by atoms with Gasteiger partial charge in [0.1, 0.15) is 0 Å². The number of anilines is 1. The van der Waals surface area contributed by atoms with Crippen LogP contribution in [0.2, 0.25) is 0 Å². The smallest absolute Gasteiger partial charge is 0.256 e. The Bertz CT molecular complexity index is 788. The number of benzene rings is 1. The zero-order valence-corrected chi connectivity index (χ0v) is 14.9. The molecule has 3 N–H and O–H groups in total. The monoisotopic (exact) mass is 417 g/mol. The second kappa shape index (κ2) is 7.55. The van der Waals surface area contributed by atoms with Gasteiger partial charge in [0.2, 0.25) is 0 Å². The highest BCUT2D eigenvalue weighted by Crippen LogP contribution is 2.24. The average molecular weight is 419 g/mol. The predicted molar refractivity (Wildman–Crippen MR) is 93.5 cm³/mol. The van der Waals surface area contributed by atoms with Gasteiger partial charge in [0.15, 0.2) is 11.6 Å². The van der Waals surface area contributed by atoms with Crippen LogP contribution in [0, 0.1) is 11.6 Å². The van der Waals surface area contributed by atoms with Crippen molar-refractivity contribution in [1.82, 2.24) is 4.98 Å². The Hall–Kier alpha value is -1.57. The first-order valence-electron chi connectivity index (χ1n) is 7.13. The Kier molecular flexibility index (Phi) is 5.90. The normalized spacial score (nSPS) is 16.1. The van der Waals surface area contributed by atoms with Crippen LogP contribution in [0.5, 0.6) is 0 Å². The third kappa shape index (κ3) is 3.91. The summed E-state index contributed by atoms with van der Waals surface area (Å²) in [4.78, 5) is 16.6. The van der Waals surface area contributed by atoms with Crippen molar-refractivity contribution in [3.05, 3.63) is 57.3 Å². The molecule has 128 valence electrons. The summed E-state index contributed by atoms with van der Waals surface area (Å²) in [7, 11) is 0. The number of carbonyl (C=O) groups is 1. The van der Waals surface area contributed by atoms with Crippen molar-refractivity contribution in [2.45, 2.75) is 25.3 Å². The van der Waals surface area contributed by atoms with Gasteiger partial charge in [0.05, 0.1) is 17.4 Å². The first-order valence-corrected chi connectivity index (χ1v) is 7.92. The molecule has 1 aromatic heterocycles. The Morgan fingerprint density at radius 3 is 2.75 bits per heavy atom. The molecule has 1 amide bonds. The second-order valence-corrected chi connectivity index (χ2v) is 6.39. The van der Waals surface area contributed by atoms with Crippen molar-refractivity contribution in [3.8, 4) is 0 Å². The summed E-state index contributed by atoms with van der Waals surface area (Å²) >= 11 is 3.06. The summed E-state index contributed by atoms with van der Waals surface area (Å²) < 4.78 is 26.6. The number of carbonyl (C=O) groups excluding carboxylic acids is 1. The van der Waals surface area contributed by atoms with Crippen LogP contribution in [-0.2, 0) is 12.8 Å². The van der Waals surface area contributed by atoms with Gasteiger partial charge in [-0.2, -0.15) is 0 Å². The molecule has 0 radical (unpaired) electrons. The molecular weight excluding hydrogens is 404 g/mol. The Morgan fingerprint density at radius 1 is 1.29 bits per heavy atom. The maximum Gasteiger partial charge on any atom is 0.256 e. The van der Waals surface area contributed by atoms with Gasteiger partial charge in [0.25, 0.3) is 5.91 Å². The maximum absolute atomic E-state index is 13.3. The van der Waals surface area contributed by atoms with Crippen LogP contribution in [0.1, 0.15) is 28.0 Å². The number of pyridine rings is 1. The number of hydrogen-bond acceptors (Lipinski definition) is 3. The molecule has 1 atom stereocenters. The second-order valence-electron chi connectivity index (χ2n) is 5.53. The minimum absolute atomic E-state index is 0. The van der Waals surface area contributed by atoms with Crippen LogP contribution in [0.15, 0.2) is 28.9 Å². The van der Waals surface area contributed by atoms with Crippen LogP contribution in [-0.4, -0.2) is 16.9 Å². The van der Waals surface area contributed by atoms with Gasteiger partial charge in [-0.1, -0.05) is 0 Å². The average Bonchev–Trinajstić information content (AvgIpc) is 2.50. The van der Waals surface area contributed by atoms with E-state index >= 15 is 0 Å². The van der Waals surface area contributed by atoms with Crippen LogP contribution in [0.4, 0.5) is 14.5 Å². The van der Waals surface area contributed by atoms with Gasteiger partial charge in [-0.05, 0) is 59.0 Å². The van der Waals surface area contributed by atoms with E-state index in [2.05, 4.69) is 26.2 Å². The molecule has 8 heteroatoms. The molecular formula is C16H15BrClF2N3O. The van der Waals surface area contributed by atoms with E-state index in [-0.39, 0.29) is 28.5 Å². The van der Waals surface area contributed by atoms with Gasteiger partial charge < -0.3 is 11.1 Å². The fourth-order valence-corrected chi connectivity index (χ4v) is 3.11. The van der Waals surface area contributed by atoms with Crippen LogP contribution in [0.25, 0.3) is 0 Å². The molecule has 1 aromatic carbocycles. The molecule has 4 nitrogen and oxygen atoms in total. The molecule has 1 aliphatic rings. The minimum Gasteiger partial charge on any atom is -0.327 e. The summed E-state index contributed by atoms with van der Waals surface area (Å²) in [6.45, 7) is 0. The molecule has 3 rings (SSSR count). The van der Waals surface area contributed by atoms with Crippen molar-refractivity contribution in [3.63, 3.8) is 0 Å². The lowest BCUT2D eigenvalue weighted by Crippen LogP contribution is -2.28. The summed E-state index contributed by atoms with van der Waals surface area (Å²) in [6, 6.07) is 3.70. The molecule has 2 aromatic rings. The van der Waals surface area contributed by atoms with E-state index in [1.807, 2.05) is 6.07 Å². The van der Waals surface area contributed by atoms with E-state index in [0.717, 1.165) is 36.2 Å². The quantitative estimate of drug-likeness (QED) is 0.732. The highest BCUT2D eigenvalue weighted by atomic mass is 79.9. The van der Waals surface area contributed by atoms with E-state index < -0.39 is 17.5 Å². The number of nitrogens with zero attached hydrogens (tertiary/aromatic N) is 1. The highest BCUT2D eigenvalue weighted by Gasteiger charge is 2.19. The molecule has 1 aliphatic carbocycles. The molecule has 0 saturated heterocycles. The lowest BCUT2D eigenvalue weighted by atomic mass is 9.92. The summed E-state index contributed by atoms with van der Waals surface area (Å²) in [5.74, 6) is -2.64. The summed E-state index contributed by atoms with van der Waals surface area (Å²) in [6.07, 6.45) is 3.98. The van der Waals surface area contributed by atoms with E-state index in [1.165, 1.54) is 0 Å². The fraction of sp³-hybridized carbons (Fsp3) is 0.250. The van der Waals surface area contributed by atoms with Crippen molar-refractivity contribution >= 4 is 39.9 Å². The Labute approximate surface area is 152 Å². The number of aromatic nitrogens is 1. The number of halogens is 4. The molecule has 0 saturated carbocycles. The number of fused-ring (bicyclic) bond motifs is 1. The first-order chi connectivity index (χ1) is 10.9. The molecule has 1 heterocycles. The van der Waals surface area contributed by atoms with Gasteiger partial charge >= 0.3 is 0 Å². The van der Waals surface area contributed by atoms with Gasteiger partial charge in [-0.15, -0.1) is 12.4 Å². The molecule has 0 aliphatic heterocycles. The zero-order chi connectivity index (χ0) is 16.6. The van der Waals surface area contributed by atoms with Gasteiger partial charge in [-0.3, -0.25) is 9.78 Å². The van der Waals surface area contributed by atoms with Crippen molar-refractivity contribution < 1.29 is 13.6 Å². The third-order valence-electron chi connectivity index (χ3n) is 3.81. The number of aryl methyl sites for hydroxylation is 1. The summed E-state index contributed by atoms with van der Waals surface area (Å²) in [5.41, 5.74) is 8.45. The van der Waals surface area contributed by atoms with E-state index in [0.29, 0.717) is 12.1 Å². The SMILES string of the molecule is Cl.NC1CCc2ncc(NC(=O)c3cc(F)c(F)cc3Br)cc2C1. The molecule has 0 bridgehead atoms. The van der Waals surface area contributed by atoms with Crippen molar-refractivity contribution in [2.75, 3.05) is 5.32 Å². The molecule has 0 fully saturated rings. The fourth-order valence-electron chi connectivity index (χ4n) is 2.61. The third-order valence-corrected chi connectivity index (χ3v) is 4.46.